The summed E-state index contributed by atoms with van der Waals surface area (Å²) in [6, 6.07) is 4.72. The van der Waals surface area contributed by atoms with Crippen LogP contribution in [0.15, 0.2) is 18.2 Å². The number of rotatable bonds is 3. The Bertz CT molecular complexity index is 439. The molecule has 1 heterocycles. The van der Waals surface area contributed by atoms with Gasteiger partial charge in [-0.05, 0) is 25.5 Å². The number of benzene rings is 1. The van der Waals surface area contributed by atoms with Gasteiger partial charge in [0, 0.05) is 19.1 Å². The minimum atomic E-state index is -0.288. The summed E-state index contributed by atoms with van der Waals surface area (Å²) in [6.45, 7) is 4.76. The predicted octanol–water partition coefficient (Wildman–Crippen LogP) is 1.43. The molecular formula is C14H21FN2O2. The zero-order valence-electron chi connectivity index (χ0n) is 11.3. The molecule has 2 unspecified atom stereocenters. The molecular weight excluding hydrogens is 247 g/mol. The van der Waals surface area contributed by atoms with Crippen LogP contribution in [0.3, 0.4) is 0 Å². The molecule has 0 spiro atoms. The second-order valence-electron chi connectivity index (χ2n) is 5.12. The molecule has 3 atom stereocenters. The van der Waals surface area contributed by atoms with Crippen molar-refractivity contribution in [3.05, 3.63) is 29.6 Å². The monoisotopic (exact) mass is 268 g/mol. The highest BCUT2D eigenvalue weighted by Gasteiger charge is 2.28. The molecule has 1 aliphatic rings. The molecule has 106 valence electrons. The van der Waals surface area contributed by atoms with E-state index in [1.54, 1.807) is 6.07 Å². The van der Waals surface area contributed by atoms with Crippen LogP contribution in [-0.4, -0.2) is 37.0 Å². The SMILES string of the molecule is CC1CN(c2c(F)cccc2[C@H](C)N)CC(CO)O1. The second kappa shape index (κ2) is 5.86. The van der Waals surface area contributed by atoms with E-state index in [0.29, 0.717) is 18.8 Å². The lowest BCUT2D eigenvalue weighted by Gasteiger charge is -2.38. The highest BCUT2D eigenvalue weighted by molar-refractivity contribution is 5.56. The fraction of sp³-hybridized carbons (Fsp3) is 0.571. The van der Waals surface area contributed by atoms with Crippen molar-refractivity contribution in [2.24, 2.45) is 5.73 Å². The van der Waals surface area contributed by atoms with Crippen molar-refractivity contribution in [2.45, 2.75) is 32.1 Å². The summed E-state index contributed by atoms with van der Waals surface area (Å²) in [4.78, 5) is 1.92. The van der Waals surface area contributed by atoms with Crippen molar-refractivity contribution in [1.29, 1.82) is 0 Å². The maximum atomic E-state index is 14.2. The Morgan fingerprint density at radius 3 is 2.89 bits per heavy atom. The van der Waals surface area contributed by atoms with Crippen molar-refractivity contribution in [1.82, 2.24) is 0 Å². The van der Waals surface area contributed by atoms with Gasteiger partial charge in [0.1, 0.15) is 5.82 Å². The lowest BCUT2D eigenvalue weighted by molar-refractivity contribution is -0.0422. The van der Waals surface area contributed by atoms with E-state index in [2.05, 4.69) is 0 Å². The number of ether oxygens (including phenoxy) is 1. The molecule has 0 bridgehead atoms. The standard InChI is InChI=1S/C14H21FN2O2/c1-9-6-17(7-11(8-18)19-9)14-12(10(2)16)4-3-5-13(14)15/h3-5,9-11,18H,6-8,16H2,1-2H3/t9?,10-,11?/m0/s1. The predicted molar refractivity (Wildman–Crippen MR) is 72.6 cm³/mol. The molecule has 3 N–H and O–H groups in total. The third kappa shape index (κ3) is 3.05. The number of nitrogens with zero attached hydrogens (tertiary/aromatic N) is 1. The molecule has 4 nitrogen and oxygen atoms in total. The zero-order valence-corrected chi connectivity index (χ0v) is 11.3. The van der Waals surface area contributed by atoms with E-state index in [0.717, 1.165) is 5.56 Å². The van der Waals surface area contributed by atoms with Crippen molar-refractivity contribution in [2.75, 3.05) is 24.6 Å². The van der Waals surface area contributed by atoms with E-state index in [4.69, 9.17) is 10.5 Å². The molecule has 1 saturated heterocycles. The number of hydrogen-bond acceptors (Lipinski definition) is 4. The quantitative estimate of drug-likeness (QED) is 0.870. The van der Waals surface area contributed by atoms with Gasteiger partial charge in [0.05, 0.1) is 24.5 Å². The number of morpholine rings is 1. The molecule has 0 aliphatic carbocycles. The maximum Gasteiger partial charge on any atom is 0.146 e. The summed E-state index contributed by atoms with van der Waals surface area (Å²) < 4.78 is 19.7. The van der Waals surface area contributed by atoms with Gasteiger partial charge in [0.2, 0.25) is 0 Å². The van der Waals surface area contributed by atoms with E-state index in [1.807, 2.05) is 24.8 Å². The Kier molecular flexibility index (Phi) is 4.39. The second-order valence-corrected chi connectivity index (χ2v) is 5.12. The minimum Gasteiger partial charge on any atom is -0.394 e. The molecule has 1 fully saturated rings. The van der Waals surface area contributed by atoms with Crippen LogP contribution in [0.1, 0.15) is 25.5 Å². The molecule has 5 heteroatoms. The van der Waals surface area contributed by atoms with E-state index < -0.39 is 0 Å². The van der Waals surface area contributed by atoms with Crippen LogP contribution in [0, 0.1) is 5.82 Å². The smallest absolute Gasteiger partial charge is 0.146 e. The largest absolute Gasteiger partial charge is 0.394 e. The number of aliphatic hydroxyl groups excluding tert-OH is 1. The number of anilines is 1. The van der Waals surface area contributed by atoms with Gasteiger partial charge in [-0.15, -0.1) is 0 Å². The molecule has 2 rings (SSSR count). The first kappa shape index (κ1) is 14.2. The number of hydrogen-bond donors (Lipinski definition) is 2. The number of para-hydroxylation sites is 1. The van der Waals surface area contributed by atoms with Crippen molar-refractivity contribution >= 4 is 5.69 Å². The van der Waals surface area contributed by atoms with Crippen LogP contribution in [0.5, 0.6) is 0 Å². The summed E-state index contributed by atoms with van der Waals surface area (Å²) in [5, 5.41) is 9.25. The molecule has 19 heavy (non-hydrogen) atoms. The average Bonchev–Trinajstić information content (AvgIpc) is 2.37. The molecule has 0 amide bonds. The maximum absolute atomic E-state index is 14.2. The highest BCUT2D eigenvalue weighted by atomic mass is 19.1. The lowest BCUT2D eigenvalue weighted by atomic mass is 10.0. The van der Waals surface area contributed by atoms with Gasteiger partial charge in [0.15, 0.2) is 0 Å². The Morgan fingerprint density at radius 2 is 2.26 bits per heavy atom. The van der Waals surface area contributed by atoms with E-state index in [-0.39, 0.29) is 30.7 Å². The normalized spacial score (nSPS) is 25.4. The van der Waals surface area contributed by atoms with Crippen LogP contribution in [-0.2, 0) is 4.74 Å². The van der Waals surface area contributed by atoms with E-state index in [1.165, 1.54) is 6.07 Å². The van der Waals surface area contributed by atoms with Gasteiger partial charge in [-0.1, -0.05) is 12.1 Å². The molecule has 1 aromatic carbocycles. The Labute approximate surface area is 113 Å². The van der Waals surface area contributed by atoms with Gasteiger partial charge in [0.25, 0.3) is 0 Å². The summed E-state index contributed by atoms with van der Waals surface area (Å²) >= 11 is 0. The van der Waals surface area contributed by atoms with Crippen molar-refractivity contribution in [3.63, 3.8) is 0 Å². The molecule has 0 aromatic heterocycles. The van der Waals surface area contributed by atoms with Crippen LogP contribution in [0.25, 0.3) is 0 Å². The first-order valence-corrected chi connectivity index (χ1v) is 6.58. The van der Waals surface area contributed by atoms with E-state index in [9.17, 15) is 9.50 Å². The number of aliphatic hydroxyl groups is 1. The van der Waals surface area contributed by atoms with Crippen LogP contribution in [0.4, 0.5) is 10.1 Å². The van der Waals surface area contributed by atoms with Gasteiger partial charge in [-0.3, -0.25) is 0 Å². The summed E-state index contributed by atoms with van der Waals surface area (Å²) in [5.41, 5.74) is 7.23. The fourth-order valence-corrected chi connectivity index (χ4v) is 2.56. The molecule has 1 aliphatic heterocycles. The highest BCUT2D eigenvalue weighted by Crippen LogP contribution is 2.30. The van der Waals surface area contributed by atoms with Gasteiger partial charge >= 0.3 is 0 Å². The van der Waals surface area contributed by atoms with Crippen LogP contribution >= 0.6 is 0 Å². The third-order valence-corrected chi connectivity index (χ3v) is 3.35. The van der Waals surface area contributed by atoms with E-state index >= 15 is 0 Å². The van der Waals surface area contributed by atoms with Crippen molar-refractivity contribution in [3.8, 4) is 0 Å². The zero-order chi connectivity index (χ0) is 14.0. The fourth-order valence-electron chi connectivity index (χ4n) is 2.56. The Hall–Kier alpha value is -1.17. The number of nitrogens with two attached hydrogens (primary N) is 1. The summed E-state index contributed by atoms with van der Waals surface area (Å²) in [6.07, 6.45) is -0.337. The van der Waals surface area contributed by atoms with Gasteiger partial charge in [-0.25, -0.2) is 4.39 Å². The number of halogens is 1. The topological polar surface area (TPSA) is 58.7 Å². The van der Waals surface area contributed by atoms with Crippen molar-refractivity contribution < 1.29 is 14.2 Å². The Morgan fingerprint density at radius 1 is 1.53 bits per heavy atom. The molecule has 1 aromatic rings. The first-order chi connectivity index (χ1) is 9.02. The van der Waals surface area contributed by atoms with Gasteiger partial charge in [-0.2, -0.15) is 0 Å². The summed E-state index contributed by atoms with van der Waals surface area (Å²) in [5.74, 6) is -0.277. The Balaban J connectivity index is 2.35. The lowest BCUT2D eigenvalue weighted by Crippen LogP contribution is -2.48. The summed E-state index contributed by atoms with van der Waals surface area (Å²) in [7, 11) is 0. The average molecular weight is 268 g/mol. The molecule has 0 radical (unpaired) electrons. The van der Waals surface area contributed by atoms with Crippen LogP contribution in [0.2, 0.25) is 0 Å². The van der Waals surface area contributed by atoms with Gasteiger partial charge < -0.3 is 20.5 Å². The van der Waals surface area contributed by atoms with Crippen LogP contribution < -0.4 is 10.6 Å². The first-order valence-electron chi connectivity index (χ1n) is 6.58. The minimum absolute atomic E-state index is 0.0496. The third-order valence-electron chi connectivity index (χ3n) is 3.35. The molecule has 0 saturated carbocycles.